The van der Waals surface area contributed by atoms with E-state index in [2.05, 4.69) is 20.5 Å². The van der Waals surface area contributed by atoms with Gasteiger partial charge in [0.05, 0.1) is 12.5 Å². The van der Waals surface area contributed by atoms with Gasteiger partial charge in [-0.2, -0.15) is 9.89 Å². The fourth-order valence-electron chi connectivity index (χ4n) is 3.62. The standard InChI is InChI=1S/C23H31F2N5O5S.CH4O/c1-3-11-36-22-29-20(28-14(4-2)7-9-34-10-8-27-33)18(26)21(30-22)35-19-17(23(19,31)32)13-5-6-15(24)16(25)12-13;1-2/h5-6,12,14,17,19,31-32H,3-4,7-11,26H2,1-2H3,(H,28,29,30);2H,1H3. The Morgan fingerprint density at radius 1 is 1.21 bits per heavy atom. The molecule has 2 aromatic rings. The van der Waals surface area contributed by atoms with E-state index < -0.39 is 29.4 Å². The SMILES string of the molecule is CCCSc1nc(NC(CC)CCOCCN=O)c(N)c(OC2C(c3ccc(F)c(F)c3)C2(O)O)n1.CO. The first-order valence-electron chi connectivity index (χ1n) is 12.2. The minimum Gasteiger partial charge on any atom is -0.466 e. The smallest absolute Gasteiger partial charge is 0.244 e. The van der Waals surface area contributed by atoms with E-state index in [1.54, 1.807) is 0 Å². The van der Waals surface area contributed by atoms with Crippen molar-refractivity contribution in [1.82, 2.24) is 9.97 Å². The molecule has 38 heavy (non-hydrogen) atoms. The van der Waals surface area contributed by atoms with Gasteiger partial charge in [-0.05, 0) is 37.0 Å². The summed E-state index contributed by atoms with van der Waals surface area (Å²) in [5.74, 6) is -4.45. The summed E-state index contributed by atoms with van der Waals surface area (Å²) >= 11 is 1.39. The van der Waals surface area contributed by atoms with Gasteiger partial charge < -0.3 is 35.8 Å². The summed E-state index contributed by atoms with van der Waals surface area (Å²) in [4.78, 5) is 19.0. The van der Waals surface area contributed by atoms with Crippen LogP contribution in [0.2, 0.25) is 0 Å². The van der Waals surface area contributed by atoms with Crippen molar-refractivity contribution in [1.29, 1.82) is 0 Å². The third kappa shape index (κ3) is 8.17. The van der Waals surface area contributed by atoms with Crippen molar-refractivity contribution in [3.05, 3.63) is 40.3 Å². The van der Waals surface area contributed by atoms with Crippen molar-refractivity contribution >= 4 is 23.3 Å². The number of nitrogen functional groups attached to an aromatic ring is 1. The molecule has 1 heterocycles. The molecule has 1 fully saturated rings. The molecule has 0 aliphatic heterocycles. The molecule has 1 saturated carbocycles. The number of hydrogen-bond donors (Lipinski definition) is 5. The Balaban J connectivity index is 0.00000247. The van der Waals surface area contributed by atoms with Gasteiger partial charge in [-0.15, -0.1) is 0 Å². The third-order valence-electron chi connectivity index (χ3n) is 5.71. The normalized spacial score (nSPS) is 18.2. The zero-order valence-electron chi connectivity index (χ0n) is 21.6. The van der Waals surface area contributed by atoms with Gasteiger partial charge >= 0.3 is 0 Å². The molecule has 1 aromatic heterocycles. The number of nitrogens with one attached hydrogen (secondary N) is 1. The highest BCUT2D eigenvalue weighted by Gasteiger charge is 2.67. The molecule has 1 aliphatic rings. The Bertz CT molecular complexity index is 1050. The Hall–Kier alpha value is -2.65. The van der Waals surface area contributed by atoms with Crippen molar-refractivity contribution in [3.8, 4) is 5.88 Å². The summed E-state index contributed by atoms with van der Waals surface area (Å²) in [6.07, 6.45) is 1.02. The van der Waals surface area contributed by atoms with E-state index in [1.165, 1.54) is 17.8 Å². The van der Waals surface area contributed by atoms with Gasteiger partial charge in [0.15, 0.2) is 28.7 Å². The number of thioether (sulfide) groups is 1. The Morgan fingerprint density at radius 3 is 2.58 bits per heavy atom. The highest BCUT2D eigenvalue weighted by Crippen LogP contribution is 2.52. The first-order valence-corrected chi connectivity index (χ1v) is 13.2. The number of aliphatic hydroxyl groups excluding tert-OH is 1. The van der Waals surface area contributed by atoms with E-state index in [0.717, 1.165) is 37.8 Å². The lowest BCUT2D eigenvalue weighted by Gasteiger charge is -2.20. The van der Waals surface area contributed by atoms with Gasteiger partial charge in [0.2, 0.25) is 11.7 Å². The molecule has 3 atom stereocenters. The molecule has 0 saturated heterocycles. The molecular weight excluding hydrogens is 524 g/mol. The highest BCUT2D eigenvalue weighted by atomic mass is 32.2. The molecule has 11 nitrogen and oxygen atoms in total. The number of rotatable bonds is 15. The van der Waals surface area contributed by atoms with Crippen LogP contribution in [-0.2, 0) is 4.74 Å². The molecule has 1 aliphatic carbocycles. The second-order valence-corrected chi connectivity index (χ2v) is 9.46. The van der Waals surface area contributed by atoms with Gasteiger partial charge in [0.1, 0.15) is 12.2 Å². The van der Waals surface area contributed by atoms with Crippen LogP contribution < -0.4 is 15.8 Å². The molecule has 1 aromatic carbocycles. The molecule has 3 rings (SSSR count). The number of hydrogen-bond acceptors (Lipinski definition) is 12. The van der Waals surface area contributed by atoms with Crippen molar-refractivity contribution in [2.45, 2.75) is 62.1 Å². The fraction of sp³-hybridized carbons (Fsp3) is 0.583. The lowest BCUT2D eigenvalue weighted by molar-refractivity contribution is -0.0975. The van der Waals surface area contributed by atoms with E-state index in [-0.39, 0.29) is 36.3 Å². The third-order valence-corrected chi connectivity index (χ3v) is 6.76. The molecule has 212 valence electrons. The topological polar surface area (TPSA) is 172 Å². The minimum atomic E-state index is -2.31. The van der Waals surface area contributed by atoms with E-state index in [4.69, 9.17) is 20.3 Å². The molecule has 14 heteroatoms. The summed E-state index contributed by atoms with van der Waals surface area (Å²) in [6.45, 7) is 4.73. The number of anilines is 2. The van der Waals surface area contributed by atoms with Crippen molar-refractivity contribution in [3.63, 3.8) is 0 Å². The van der Waals surface area contributed by atoms with Crippen LogP contribution in [0.5, 0.6) is 5.88 Å². The van der Waals surface area contributed by atoms with Gasteiger partial charge in [-0.3, -0.25) is 0 Å². The van der Waals surface area contributed by atoms with E-state index in [0.29, 0.717) is 24.0 Å². The fourth-order valence-corrected chi connectivity index (χ4v) is 4.31. The predicted octanol–water partition coefficient (Wildman–Crippen LogP) is 3.04. The van der Waals surface area contributed by atoms with Gasteiger partial charge in [-0.1, -0.05) is 36.9 Å². The van der Waals surface area contributed by atoms with Crippen LogP contribution in [0, 0.1) is 16.5 Å². The average Bonchev–Trinajstić information content (AvgIpc) is 3.45. The Kier molecular flexibility index (Phi) is 12.5. The second-order valence-electron chi connectivity index (χ2n) is 8.40. The van der Waals surface area contributed by atoms with E-state index in [1.807, 2.05) is 13.8 Å². The summed E-state index contributed by atoms with van der Waals surface area (Å²) < 4.78 is 38.2. The van der Waals surface area contributed by atoms with Crippen molar-refractivity contribution in [2.75, 3.05) is 43.7 Å². The summed E-state index contributed by atoms with van der Waals surface area (Å²) in [5.41, 5.74) is 6.55. The maximum atomic E-state index is 13.7. The van der Waals surface area contributed by atoms with Crippen LogP contribution in [0.3, 0.4) is 0 Å². The molecule has 0 radical (unpaired) electrons. The molecule has 3 unspecified atom stereocenters. The summed E-state index contributed by atoms with van der Waals surface area (Å²) in [7, 11) is 1.00. The number of benzene rings is 1. The maximum Gasteiger partial charge on any atom is 0.244 e. The quantitative estimate of drug-likeness (QED) is 0.0714. The van der Waals surface area contributed by atoms with Crippen LogP contribution >= 0.6 is 11.8 Å². The van der Waals surface area contributed by atoms with Crippen LogP contribution in [-0.4, -0.2) is 75.8 Å². The van der Waals surface area contributed by atoms with Crippen LogP contribution in [0.4, 0.5) is 20.3 Å². The Labute approximate surface area is 224 Å². The van der Waals surface area contributed by atoms with E-state index in [9.17, 15) is 23.9 Å². The number of nitrogens with two attached hydrogens (primary N) is 1. The number of aliphatic hydroxyl groups is 3. The van der Waals surface area contributed by atoms with Crippen LogP contribution in [0.1, 0.15) is 44.6 Å². The van der Waals surface area contributed by atoms with Crippen LogP contribution in [0.15, 0.2) is 28.5 Å². The molecule has 0 amide bonds. The van der Waals surface area contributed by atoms with Crippen LogP contribution in [0.25, 0.3) is 0 Å². The number of halogens is 2. The number of aromatic nitrogens is 2. The average molecular weight is 560 g/mol. The second kappa shape index (κ2) is 15.1. The number of nitroso groups, excluding NO2 is 1. The highest BCUT2D eigenvalue weighted by molar-refractivity contribution is 7.99. The predicted molar refractivity (Wildman–Crippen MR) is 140 cm³/mol. The minimum absolute atomic E-state index is 0.0446. The maximum absolute atomic E-state index is 13.7. The lowest BCUT2D eigenvalue weighted by Crippen LogP contribution is -2.23. The van der Waals surface area contributed by atoms with E-state index >= 15 is 0 Å². The molecule has 0 bridgehead atoms. The number of ether oxygens (including phenoxy) is 2. The zero-order chi connectivity index (χ0) is 28.3. The monoisotopic (exact) mass is 559 g/mol. The first kappa shape index (κ1) is 31.6. The summed E-state index contributed by atoms with van der Waals surface area (Å²) in [6, 6.07) is 3.03. The van der Waals surface area contributed by atoms with Crippen molar-refractivity contribution < 1.29 is 33.6 Å². The lowest BCUT2D eigenvalue weighted by atomic mass is 10.1. The Morgan fingerprint density at radius 2 is 1.95 bits per heavy atom. The molecule has 0 spiro atoms. The van der Waals surface area contributed by atoms with Gasteiger partial charge in [-0.25, -0.2) is 13.8 Å². The molecular formula is C24H35F2N5O6S. The number of nitrogens with zero attached hydrogens (tertiary/aromatic N) is 3. The van der Waals surface area contributed by atoms with Gasteiger partial charge in [0.25, 0.3) is 0 Å². The largest absolute Gasteiger partial charge is 0.466 e. The van der Waals surface area contributed by atoms with Crippen molar-refractivity contribution in [2.24, 2.45) is 5.18 Å². The van der Waals surface area contributed by atoms with Gasteiger partial charge in [0, 0.05) is 25.5 Å². The first-order chi connectivity index (χ1) is 18.2. The summed E-state index contributed by atoms with van der Waals surface area (Å²) in [5, 5.41) is 34.2. The zero-order valence-corrected chi connectivity index (χ0v) is 22.4. The molecule has 6 N–H and O–H groups in total.